The number of rotatable bonds is 2. The van der Waals surface area contributed by atoms with Crippen LogP contribution in [0.2, 0.25) is 0 Å². The number of carbonyl (C=O) groups excluding carboxylic acids is 2. The van der Waals surface area contributed by atoms with Crippen molar-refractivity contribution in [2.75, 3.05) is 6.54 Å². The number of nitrogens with two attached hydrogens (primary N) is 1. The third kappa shape index (κ3) is 1.46. The first kappa shape index (κ1) is 10.6. The molecule has 2 aliphatic heterocycles. The summed E-state index contributed by atoms with van der Waals surface area (Å²) in [6.45, 7) is 3.87. The molecule has 2 amide bonds. The second kappa shape index (κ2) is 3.28. The zero-order chi connectivity index (χ0) is 11.2. The van der Waals surface area contributed by atoms with Crippen LogP contribution < -0.4 is 5.73 Å². The van der Waals surface area contributed by atoms with Gasteiger partial charge in [0.1, 0.15) is 12.2 Å². The van der Waals surface area contributed by atoms with Crippen molar-refractivity contribution in [2.45, 2.75) is 44.4 Å². The summed E-state index contributed by atoms with van der Waals surface area (Å²) in [5.74, 6) is -0.464. The summed E-state index contributed by atoms with van der Waals surface area (Å²) in [5.41, 5.74) is 4.97. The van der Waals surface area contributed by atoms with Crippen LogP contribution in [0.5, 0.6) is 0 Å². The number of hydrogen-bond acceptors (Lipinski definition) is 4. The van der Waals surface area contributed by atoms with Gasteiger partial charge in [-0.25, -0.2) is 0 Å². The maximum atomic E-state index is 11.9. The lowest BCUT2D eigenvalue weighted by Crippen LogP contribution is -2.62. The lowest BCUT2D eigenvalue weighted by atomic mass is 10.0. The van der Waals surface area contributed by atoms with Gasteiger partial charge in [0.05, 0.1) is 5.54 Å². The van der Waals surface area contributed by atoms with Gasteiger partial charge >= 0.3 is 0 Å². The van der Waals surface area contributed by atoms with Crippen LogP contribution in [-0.2, 0) is 14.3 Å². The molecule has 2 saturated heterocycles. The predicted molar refractivity (Wildman–Crippen MR) is 52.9 cm³/mol. The number of ether oxygens (including phenoxy) is 1. The number of carbonyl (C=O) groups is 2. The molecular formula is C10H16N2O3. The molecule has 2 aliphatic rings. The number of likely N-dealkylation sites (tertiary alicyclic amines) is 1. The minimum atomic E-state index is -0.612. The fraction of sp³-hybridized carbons (Fsp3) is 0.800. The van der Waals surface area contributed by atoms with E-state index < -0.39 is 17.7 Å². The van der Waals surface area contributed by atoms with Crippen LogP contribution in [0, 0.1) is 0 Å². The maximum absolute atomic E-state index is 11.9. The normalized spacial score (nSPS) is 31.3. The first-order valence-electron chi connectivity index (χ1n) is 5.21. The van der Waals surface area contributed by atoms with Gasteiger partial charge in [-0.2, -0.15) is 0 Å². The van der Waals surface area contributed by atoms with Gasteiger partial charge in [-0.1, -0.05) is 0 Å². The molecule has 5 nitrogen and oxygen atoms in total. The predicted octanol–water partition coefficient (Wildman–Crippen LogP) is -0.360. The molecule has 2 heterocycles. The summed E-state index contributed by atoms with van der Waals surface area (Å²) < 4.78 is 5.31. The Kier molecular flexibility index (Phi) is 2.31. The number of hydrogen-bond donors (Lipinski definition) is 1. The SMILES string of the molecule is CC(C)(CN)N1C(=O)C2CCC(O2)C1=O. The maximum Gasteiger partial charge on any atom is 0.258 e. The van der Waals surface area contributed by atoms with Gasteiger partial charge in [-0.05, 0) is 26.7 Å². The van der Waals surface area contributed by atoms with Crippen molar-refractivity contribution in [1.82, 2.24) is 4.90 Å². The van der Waals surface area contributed by atoms with Crippen LogP contribution in [0.1, 0.15) is 26.7 Å². The topological polar surface area (TPSA) is 72.6 Å². The molecular weight excluding hydrogens is 196 g/mol. The van der Waals surface area contributed by atoms with Crippen molar-refractivity contribution in [3.05, 3.63) is 0 Å². The summed E-state index contributed by atoms with van der Waals surface area (Å²) in [7, 11) is 0. The van der Waals surface area contributed by atoms with E-state index in [-0.39, 0.29) is 18.4 Å². The summed E-state index contributed by atoms with van der Waals surface area (Å²) in [5, 5.41) is 0. The number of morpholine rings is 1. The highest BCUT2D eigenvalue weighted by Crippen LogP contribution is 2.32. The van der Waals surface area contributed by atoms with Crippen LogP contribution in [0.25, 0.3) is 0 Å². The molecule has 0 aromatic carbocycles. The zero-order valence-corrected chi connectivity index (χ0v) is 9.03. The first-order chi connectivity index (χ1) is 6.97. The smallest absolute Gasteiger partial charge is 0.258 e. The molecule has 2 rings (SSSR count). The molecule has 5 heteroatoms. The molecule has 0 aromatic heterocycles. The van der Waals surface area contributed by atoms with Crippen LogP contribution >= 0.6 is 0 Å². The summed E-state index contributed by atoms with van der Waals surface area (Å²) in [4.78, 5) is 25.1. The third-order valence-electron chi connectivity index (χ3n) is 3.12. The Hall–Kier alpha value is -0.940. The van der Waals surface area contributed by atoms with Crippen molar-refractivity contribution in [3.8, 4) is 0 Å². The molecule has 84 valence electrons. The van der Waals surface area contributed by atoms with E-state index in [1.54, 1.807) is 13.8 Å². The minimum Gasteiger partial charge on any atom is -0.355 e. The Morgan fingerprint density at radius 3 is 2.20 bits per heavy atom. The number of imide groups is 1. The van der Waals surface area contributed by atoms with E-state index in [0.29, 0.717) is 12.8 Å². The van der Waals surface area contributed by atoms with Crippen molar-refractivity contribution < 1.29 is 14.3 Å². The van der Waals surface area contributed by atoms with Gasteiger partial charge in [-0.15, -0.1) is 0 Å². The highest BCUT2D eigenvalue weighted by molar-refractivity contribution is 6.03. The van der Waals surface area contributed by atoms with Gasteiger partial charge in [0.2, 0.25) is 0 Å². The van der Waals surface area contributed by atoms with Gasteiger partial charge in [0, 0.05) is 6.54 Å². The highest BCUT2D eigenvalue weighted by Gasteiger charge is 2.50. The van der Waals surface area contributed by atoms with E-state index >= 15 is 0 Å². The number of amides is 2. The second-order valence-electron chi connectivity index (χ2n) is 4.72. The average molecular weight is 212 g/mol. The summed E-state index contributed by atoms with van der Waals surface area (Å²) in [6.07, 6.45) is 0.427. The molecule has 0 saturated carbocycles. The van der Waals surface area contributed by atoms with Crippen molar-refractivity contribution in [1.29, 1.82) is 0 Å². The van der Waals surface area contributed by atoms with E-state index in [9.17, 15) is 9.59 Å². The average Bonchev–Trinajstić information content (AvgIpc) is 2.61. The molecule has 2 N–H and O–H groups in total. The Labute approximate surface area is 88.5 Å². The van der Waals surface area contributed by atoms with Crippen LogP contribution in [0.3, 0.4) is 0 Å². The standard InChI is InChI=1S/C10H16N2O3/c1-10(2,5-11)12-8(13)6-3-4-7(15-6)9(12)14/h6-7H,3-5,11H2,1-2H3. The van der Waals surface area contributed by atoms with Crippen LogP contribution in [0.15, 0.2) is 0 Å². The zero-order valence-electron chi connectivity index (χ0n) is 9.03. The van der Waals surface area contributed by atoms with Crippen molar-refractivity contribution in [2.24, 2.45) is 5.73 Å². The van der Waals surface area contributed by atoms with E-state index in [1.165, 1.54) is 4.90 Å². The monoisotopic (exact) mass is 212 g/mol. The van der Waals surface area contributed by atoms with E-state index in [2.05, 4.69) is 0 Å². The molecule has 15 heavy (non-hydrogen) atoms. The number of fused-ring (bicyclic) bond motifs is 2. The Morgan fingerprint density at radius 1 is 1.33 bits per heavy atom. The number of nitrogens with zero attached hydrogens (tertiary/aromatic N) is 1. The molecule has 0 spiro atoms. The van der Waals surface area contributed by atoms with E-state index in [4.69, 9.17) is 10.5 Å². The van der Waals surface area contributed by atoms with Gasteiger partial charge in [0.15, 0.2) is 0 Å². The Balaban J connectivity index is 2.31. The minimum absolute atomic E-state index is 0.232. The summed E-state index contributed by atoms with van der Waals surface area (Å²) >= 11 is 0. The van der Waals surface area contributed by atoms with Gasteiger partial charge < -0.3 is 10.5 Å². The first-order valence-corrected chi connectivity index (χ1v) is 5.21. The molecule has 0 radical (unpaired) electrons. The quantitative estimate of drug-likeness (QED) is 0.634. The fourth-order valence-corrected chi connectivity index (χ4v) is 2.08. The lowest BCUT2D eigenvalue weighted by molar-refractivity contribution is -0.174. The van der Waals surface area contributed by atoms with Crippen molar-refractivity contribution >= 4 is 11.8 Å². The third-order valence-corrected chi connectivity index (χ3v) is 3.12. The van der Waals surface area contributed by atoms with Gasteiger partial charge in [-0.3, -0.25) is 14.5 Å². The highest BCUT2D eigenvalue weighted by atomic mass is 16.5. The van der Waals surface area contributed by atoms with Gasteiger partial charge in [0.25, 0.3) is 11.8 Å². The van der Waals surface area contributed by atoms with E-state index in [0.717, 1.165) is 0 Å². The Morgan fingerprint density at radius 2 is 1.80 bits per heavy atom. The van der Waals surface area contributed by atoms with Crippen molar-refractivity contribution in [3.63, 3.8) is 0 Å². The second-order valence-corrected chi connectivity index (χ2v) is 4.72. The molecule has 2 bridgehead atoms. The molecule has 2 atom stereocenters. The van der Waals surface area contributed by atoms with E-state index in [1.807, 2.05) is 0 Å². The van der Waals surface area contributed by atoms with Crippen LogP contribution in [0.4, 0.5) is 0 Å². The Bertz CT molecular complexity index is 292. The molecule has 0 aliphatic carbocycles. The summed E-state index contributed by atoms with van der Waals surface area (Å²) in [6, 6.07) is 0. The molecule has 2 unspecified atom stereocenters. The largest absolute Gasteiger partial charge is 0.355 e. The molecule has 2 fully saturated rings. The lowest BCUT2D eigenvalue weighted by Gasteiger charge is -2.40. The van der Waals surface area contributed by atoms with Crippen LogP contribution in [-0.4, -0.2) is 41.0 Å². The molecule has 0 aromatic rings. The fourth-order valence-electron chi connectivity index (χ4n) is 2.08.